The number of aromatic nitrogens is 4. The molecule has 5 aliphatic rings. The van der Waals surface area contributed by atoms with Crippen molar-refractivity contribution in [2.24, 2.45) is 5.41 Å². The lowest BCUT2D eigenvalue weighted by Crippen LogP contribution is -2.20. The van der Waals surface area contributed by atoms with Gasteiger partial charge in [0.25, 0.3) is 0 Å². The number of carbonyl (C=O) groups excluding carboxylic acids is 2. The molecule has 8 bridgehead atoms. The lowest BCUT2D eigenvalue weighted by atomic mass is 9.91. The Kier molecular flexibility index (Phi) is 7.20. The Balaban J connectivity index is 1.37. The van der Waals surface area contributed by atoms with Gasteiger partial charge in [0.05, 0.1) is 28.3 Å². The number of aryl methyl sites for hydroxylation is 4. The van der Waals surface area contributed by atoms with Crippen molar-refractivity contribution in [1.82, 2.24) is 19.9 Å². The first-order valence-corrected chi connectivity index (χ1v) is 18.6. The molecule has 0 fully saturated rings. The van der Waals surface area contributed by atoms with Crippen molar-refractivity contribution in [2.75, 3.05) is 0 Å². The number of hydrogen-bond acceptors (Lipinski definition) is 4. The third-order valence-electron chi connectivity index (χ3n) is 12.2. The Morgan fingerprint density at radius 3 is 1.98 bits per heavy atom. The number of rotatable bonds is 3. The van der Waals surface area contributed by atoms with Crippen LogP contribution in [0.25, 0.3) is 67.6 Å². The number of allylic oxidation sites excluding steroid dienone is 10. The van der Waals surface area contributed by atoms with Crippen LogP contribution in [0.1, 0.15) is 86.1 Å². The van der Waals surface area contributed by atoms with Crippen molar-refractivity contribution in [3.63, 3.8) is 0 Å². The first kappa shape index (κ1) is 33.0. The number of carbonyl (C=O) groups is 2. The summed E-state index contributed by atoms with van der Waals surface area (Å²) in [6.07, 6.45) is 12.8. The summed E-state index contributed by atoms with van der Waals surface area (Å²) < 4.78 is 0. The minimum Gasteiger partial charge on any atom is -0.355 e. The van der Waals surface area contributed by atoms with Crippen LogP contribution in [0.3, 0.4) is 0 Å². The molecule has 0 saturated carbocycles. The van der Waals surface area contributed by atoms with Gasteiger partial charge in [0.1, 0.15) is 0 Å². The average molecular weight is 695 g/mol. The minimum absolute atomic E-state index is 0.122. The maximum atomic E-state index is 12.7. The zero-order valence-electron chi connectivity index (χ0n) is 31.6. The van der Waals surface area contributed by atoms with Gasteiger partial charge < -0.3 is 9.97 Å². The Bertz CT molecular complexity index is 2860. The van der Waals surface area contributed by atoms with Crippen molar-refractivity contribution >= 4 is 68.1 Å². The Morgan fingerprint density at radius 1 is 0.604 bits per heavy atom. The lowest BCUT2D eigenvalue weighted by Gasteiger charge is -2.11. The van der Waals surface area contributed by atoms with Gasteiger partial charge in [-0.05, 0) is 151 Å². The summed E-state index contributed by atoms with van der Waals surface area (Å²) in [7, 11) is 0. The predicted octanol–water partition coefficient (Wildman–Crippen LogP) is 8.90. The molecular formula is C47H42N4O2. The first-order chi connectivity index (χ1) is 25.4. The number of nitrogens with zero attached hydrogens (tertiary/aromatic N) is 2. The van der Waals surface area contributed by atoms with E-state index in [4.69, 9.17) is 9.97 Å². The van der Waals surface area contributed by atoms with Gasteiger partial charge in [0.2, 0.25) is 0 Å². The first-order valence-electron chi connectivity index (χ1n) is 18.6. The van der Waals surface area contributed by atoms with Crippen LogP contribution in [-0.2, 0) is 16.0 Å². The highest BCUT2D eigenvalue weighted by Crippen LogP contribution is 2.43. The highest BCUT2D eigenvalue weighted by atomic mass is 16.1. The maximum Gasteiger partial charge on any atom is 0.186 e. The normalized spacial score (nSPS) is 17.0. The number of hydrogen-bond donors (Lipinski definition) is 2. The molecule has 6 nitrogen and oxygen atoms in total. The summed E-state index contributed by atoms with van der Waals surface area (Å²) in [5.41, 5.74) is 20.2. The van der Waals surface area contributed by atoms with Gasteiger partial charge in [0.15, 0.2) is 11.6 Å². The van der Waals surface area contributed by atoms with E-state index in [0.717, 1.165) is 90.4 Å². The summed E-state index contributed by atoms with van der Waals surface area (Å²) in [5, 5.41) is 2.12. The lowest BCUT2D eigenvalue weighted by molar-refractivity contribution is -0.115. The molecule has 9 rings (SSSR count). The van der Waals surface area contributed by atoms with E-state index in [1.54, 1.807) is 0 Å². The second-order valence-corrected chi connectivity index (χ2v) is 15.1. The van der Waals surface area contributed by atoms with Crippen molar-refractivity contribution in [2.45, 2.75) is 68.2 Å². The maximum absolute atomic E-state index is 12.7. The van der Waals surface area contributed by atoms with Crippen molar-refractivity contribution in [3.8, 4) is 11.1 Å². The second-order valence-electron chi connectivity index (χ2n) is 15.1. The number of benzene rings is 1. The van der Waals surface area contributed by atoms with E-state index in [9.17, 15) is 9.59 Å². The highest BCUT2D eigenvalue weighted by molar-refractivity contribution is 6.26. The van der Waals surface area contributed by atoms with Gasteiger partial charge in [-0.25, -0.2) is 9.97 Å². The third-order valence-corrected chi connectivity index (χ3v) is 12.2. The molecule has 2 N–H and O–H groups in total. The van der Waals surface area contributed by atoms with Gasteiger partial charge in [-0.15, -0.1) is 0 Å². The molecule has 0 atom stereocenters. The van der Waals surface area contributed by atoms with Crippen LogP contribution >= 0.6 is 0 Å². The number of fused-ring (bicyclic) bond motifs is 10. The fourth-order valence-electron chi connectivity index (χ4n) is 8.86. The van der Waals surface area contributed by atoms with E-state index >= 15 is 0 Å². The Morgan fingerprint density at radius 2 is 1.28 bits per heavy atom. The molecule has 4 aromatic rings. The molecule has 3 aromatic heterocycles. The third kappa shape index (κ3) is 4.85. The molecule has 6 heteroatoms. The summed E-state index contributed by atoms with van der Waals surface area (Å²) >= 11 is 0. The molecule has 0 amide bonds. The van der Waals surface area contributed by atoms with Gasteiger partial charge >= 0.3 is 0 Å². The van der Waals surface area contributed by atoms with E-state index in [1.165, 1.54) is 45.6 Å². The minimum atomic E-state index is -0.621. The topological polar surface area (TPSA) is 91.5 Å². The molecule has 53 heavy (non-hydrogen) atoms. The Hall–Kier alpha value is -5.88. The zero-order chi connectivity index (χ0) is 37.1. The van der Waals surface area contributed by atoms with Crippen LogP contribution in [0.15, 0.2) is 71.8 Å². The van der Waals surface area contributed by atoms with E-state index in [2.05, 4.69) is 114 Å². The molecule has 2 aliphatic heterocycles. The number of ketones is 2. The van der Waals surface area contributed by atoms with Gasteiger partial charge in [-0.3, -0.25) is 9.59 Å². The molecule has 0 unspecified atom stereocenters. The smallest absolute Gasteiger partial charge is 0.186 e. The van der Waals surface area contributed by atoms with E-state index in [1.807, 2.05) is 12.2 Å². The SMILES string of the molecule is CCC1=C(C)c2cc3nc(c(-c4ccc5c(c4)=CC4(C=C6C(=O)C=CC(=O)C6=C4)C=5)c4[nH]c(cc5[nH]c(cc1n2)c(CC)c5C)c(C)c4C)C(C)=C3C. The van der Waals surface area contributed by atoms with Crippen LogP contribution in [0.4, 0.5) is 0 Å². The van der Waals surface area contributed by atoms with Crippen LogP contribution < -0.4 is 10.4 Å². The fraction of sp³-hybridized carbons (Fsp3) is 0.234. The van der Waals surface area contributed by atoms with Crippen LogP contribution in [0.2, 0.25) is 0 Å². The van der Waals surface area contributed by atoms with Crippen LogP contribution in [-0.4, -0.2) is 31.5 Å². The molecule has 1 aromatic carbocycles. The summed E-state index contributed by atoms with van der Waals surface area (Å²) in [5.74, 6) is -0.245. The van der Waals surface area contributed by atoms with Crippen molar-refractivity contribution in [3.05, 3.63) is 127 Å². The average Bonchev–Trinajstić information content (AvgIpc) is 3.95. The van der Waals surface area contributed by atoms with Crippen LogP contribution in [0, 0.1) is 26.2 Å². The fourth-order valence-corrected chi connectivity index (χ4v) is 8.86. The van der Waals surface area contributed by atoms with Gasteiger partial charge in [-0.2, -0.15) is 0 Å². The highest BCUT2D eigenvalue weighted by Gasteiger charge is 2.36. The standard InChI is InChI=1S/C47H42N4O2/c1-9-32-27(7)38-16-36-23(3)25(5)45(50-36)44(29-11-12-30-19-47(20-31(30)15-29)21-34-35(22-47)43(53)14-13-42(34)52)46-26(6)24(4)37(51-46)17-39-28(8)33(10-2)41(49-39)18-40(32)48-38/h11-22,48,50H,9-10H2,1-8H3. The number of H-pyrrole nitrogens is 2. The van der Waals surface area contributed by atoms with Gasteiger partial charge in [0, 0.05) is 38.7 Å². The van der Waals surface area contributed by atoms with Crippen LogP contribution in [0.5, 0.6) is 0 Å². The molecule has 0 saturated heterocycles. The molecule has 0 radical (unpaired) electrons. The summed E-state index contributed by atoms with van der Waals surface area (Å²) in [6, 6.07) is 13.2. The molecular weight excluding hydrogens is 653 g/mol. The largest absolute Gasteiger partial charge is 0.355 e. The monoisotopic (exact) mass is 694 g/mol. The van der Waals surface area contributed by atoms with E-state index in [0.29, 0.717) is 11.1 Å². The number of aromatic amines is 2. The molecule has 1 spiro atoms. The van der Waals surface area contributed by atoms with Gasteiger partial charge in [-0.1, -0.05) is 50.3 Å². The summed E-state index contributed by atoms with van der Waals surface area (Å²) in [6.45, 7) is 17.5. The number of nitrogens with one attached hydrogen (secondary N) is 2. The molecule has 3 aliphatic carbocycles. The van der Waals surface area contributed by atoms with Crippen molar-refractivity contribution < 1.29 is 9.59 Å². The zero-order valence-corrected chi connectivity index (χ0v) is 31.6. The second kappa shape index (κ2) is 11.6. The molecule has 262 valence electrons. The Labute approximate surface area is 308 Å². The van der Waals surface area contributed by atoms with E-state index < -0.39 is 5.41 Å². The van der Waals surface area contributed by atoms with Crippen molar-refractivity contribution in [1.29, 1.82) is 0 Å². The predicted molar refractivity (Wildman–Crippen MR) is 217 cm³/mol. The van der Waals surface area contributed by atoms with E-state index in [-0.39, 0.29) is 11.6 Å². The summed E-state index contributed by atoms with van der Waals surface area (Å²) in [4.78, 5) is 43.7. The quantitative estimate of drug-likeness (QED) is 0.224. The molecule has 5 heterocycles.